The maximum absolute atomic E-state index is 12.2. The fourth-order valence-electron chi connectivity index (χ4n) is 3.75. The van der Waals surface area contributed by atoms with Crippen LogP contribution in [0, 0.1) is 0 Å². The third-order valence-electron chi connectivity index (χ3n) is 5.36. The maximum atomic E-state index is 12.2. The quantitative estimate of drug-likeness (QED) is 0.496. The first-order valence-corrected chi connectivity index (χ1v) is 10.9. The van der Waals surface area contributed by atoms with Gasteiger partial charge < -0.3 is 4.90 Å². The molecule has 10 heteroatoms. The Morgan fingerprint density at radius 2 is 1.90 bits per heavy atom. The zero-order valence-electron chi connectivity index (χ0n) is 17.3. The molecule has 4 aromatic heterocycles. The highest BCUT2D eigenvalue weighted by Gasteiger charge is 2.24. The van der Waals surface area contributed by atoms with E-state index in [1.165, 1.54) is 11.3 Å². The van der Waals surface area contributed by atoms with Crippen molar-refractivity contribution in [2.24, 2.45) is 0 Å². The SMILES string of the molecule is CC(C)(C)c1nnc2ccc(N3CCN(Cc4cc(=O)n5ccsc5n4)CC3)nn12. The second-order valence-electron chi connectivity index (χ2n) is 8.64. The molecule has 0 aromatic carbocycles. The molecule has 0 saturated carbocycles. The van der Waals surface area contributed by atoms with Gasteiger partial charge in [-0.05, 0) is 12.1 Å². The van der Waals surface area contributed by atoms with Crippen LogP contribution in [0.1, 0.15) is 32.3 Å². The Bertz CT molecular complexity index is 1260. The van der Waals surface area contributed by atoms with Crippen LogP contribution >= 0.6 is 11.3 Å². The molecule has 0 bridgehead atoms. The fourth-order valence-corrected chi connectivity index (χ4v) is 4.49. The molecule has 1 aliphatic heterocycles. The molecule has 5 rings (SSSR count). The van der Waals surface area contributed by atoms with Crippen LogP contribution in [0.15, 0.2) is 34.6 Å². The van der Waals surface area contributed by atoms with Gasteiger partial charge in [0.25, 0.3) is 5.56 Å². The van der Waals surface area contributed by atoms with Gasteiger partial charge in [-0.25, -0.2) is 4.98 Å². The molecule has 0 N–H and O–H groups in total. The lowest BCUT2D eigenvalue weighted by Crippen LogP contribution is -2.46. The Morgan fingerprint density at radius 1 is 1.10 bits per heavy atom. The molecule has 0 amide bonds. The number of fused-ring (bicyclic) bond motifs is 2. The smallest absolute Gasteiger partial charge is 0.258 e. The largest absolute Gasteiger partial charge is 0.353 e. The predicted molar refractivity (Wildman–Crippen MR) is 116 cm³/mol. The number of piperazine rings is 1. The number of rotatable bonds is 3. The summed E-state index contributed by atoms with van der Waals surface area (Å²) in [7, 11) is 0. The van der Waals surface area contributed by atoms with Gasteiger partial charge in [0.1, 0.15) is 5.82 Å². The molecule has 0 aliphatic carbocycles. The molecule has 9 nitrogen and oxygen atoms in total. The van der Waals surface area contributed by atoms with Crippen molar-refractivity contribution < 1.29 is 0 Å². The van der Waals surface area contributed by atoms with Crippen LogP contribution in [0.5, 0.6) is 0 Å². The number of hydrogen-bond donors (Lipinski definition) is 0. The minimum Gasteiger partial charge on any atom is -0.353 e. The van der Waals surface area contributed by atoms with Crippen molar-refractivity contribution >= 4 is 27.8 Å². The van der Waals surface area contributed by atoms with Crippen molar-refractivity contribution in [1.82, 2.24) is 34.1 Å². The number of nitrogens with zero attached hydrogens (tertiary/aromatic N) is 8. The molecule has 30 heavy (non-hydrogen) atoms. The molecule has 5 heterocycles. The van der Waals surface area contributed by atoms with E-state index in [4.69, 9.17) is 5.10 Å². The molecule has 0 atom stereocenters. The molecule has 0 spiro atoms. The number of anilines is 1. The van der Waals surface area contributed by atoms with Gasteiger partial charge in [-0.2, -0.15) is 4.52 Å². The monoisotopic (exact) mass is 424 g/mol. The first kappa shape index (κ1) is 19.1. The van der Waals surface area contributed by atoms with E-state index >= 15 is 0 Å². The summed E-state index contributed by atoms with van der Waals surface area (Å²) in [6, 6.07) is 5.63. The lowest BCUT2D eigenvalue weighted by molar-refractivity contribution is 0.246. The summed E-state index contributed by atoms with van der Waals surface area (Å²) in [4.78, 5) is 22.2. The second kappa shape index (κ2) is 7.13. The van der Waals surface area contributed by atoms with Crippen LogP contribution in [0.3, 0.4) is 0 Å². The average molecular weight is 425 g/mol. The lowest BCUT2D eigenvalue weighted by atomic mass is 9.96. The molecular weight excluding hydrogens is 400 g/mol. The lowest BCUT2D eigenvalue weighted by Gasteiger charge is -2.35. The highest BCUT2D eigenvalue weighted by Crippen LogP contribution is 2.22. The molecule has 1 fully saturated rings. The van der Waals surface area contributed by atoms with E-state index in [2.05, 4.69) is 45.8 Å². The molecule has 0 unspecified atom stereocenters. The first-order valence-electron chi connectivity index (χ1n) is 10.0. The Balaban J connectivity index is 1.30. The summed E-state index contributed by atoms with van der Waals surface area (Å²) in [5.41, 5.74) is 1.45. The predicted octanol–water partition coefficient (Wildman–Crippen LogP) is 1.81. The van der Waals surface area contributed by atoms with Crippen molar-refractivity contribution in [1.29, 1.82) is 0 Å². The Hall–Kier alpha value is -2.85. The van der Waals surface area contributed by atoms with E-state index in [-0.39, 0.29) is 11.0 Å². The highest BCUT2D eigenvalue weighted by atomic mass is 32.1. The summed E-state index contributed by atoms with van der Waals surface area (Å²) >= 11 is 1.48. The Morgan fingerprint density at radius 3 is 2.67 bits per heavy atom. The minimum absolute atomic E-state index is 0.0176. The third kappa shape index (κ3) is 3.46. The standard InChI is InChI=1S/C20H24N8OS/c1-20(2,3)18-23-22-15-4-5-16(24-28(15)18)26-8-6-25(7-9-26)13-14-12-17(29)27-10-11-30-19(27)21-14/h4-5,10-12H,6-9,13H2,1-3H3. The normalized spacial score (nSPS) is 16.0. The summed E-state index contributed by atoms with van der Waals surface area (Å²) < 4.78 is 3.44. The van der Waals surface area contributed by atoms with Crippen molar-refractivity contribution in [2.75, 3.05) is 31.1 Å². The summed E-state index contributed by atoms with van der Waals surface area (Å²) in [5, 5.41) is 15.3. The van der Waals surface area contributed by atoms with Gasteiger partial charge in [-0.15, -0.1) is 26.6 Å². The Labute approximate surface area is 177 Å². The minimum atomic E-state index is -0.126. The van der Waals surface area contributed by atoms with Crippen LogP contribution in [-0.2, 0) is 12.0 Å². The van der Waals surface area contributed by atoms with Gasteiger partial charge in [0.15, 0.2) is 16.4 Å². The average Bonchev–Trinajstić information content (AvgIpc) is 3.34. The van der Waals surface area contributed by atoms with Gasteiger partial charge in [-0.1, -0.05) is 20.8 Å². The number of thiazole rings is 1. The van der Waals surface area contributed by atoms with Crippen LogP contribution in [0.25, 0.3) is 10.6 Å². The van der Waals surface area contributed by atoms with Crippen LogP contribution in [0.4, 0.5) is 5.82 Å². The molecule has 156 valence electrons. The van der Waals surface area contributed by atoms with Gasteiger partial charge in [-0.3, -0.25) is 14.1 Å². The third-order valence-corrected chi connectivity index (χ3v) is 6.11. The van der Waals surface area contributed by atoms with E-state index in [1.54, 1.807) is 16.7 Å². The van der Waals surface area contributed by atoms with Crippen molar-refractivity contribution in [3.05, 3.63) is 51.6 Å². The van der Waals surface area contributed by atoms with Crippen molar-refractivity contribution in [3.8, 4) is 0 Å². The van der Waals surface area contributed by atoms with Gasteiger partial charge in [0.05, 0.1) is 5.69 Å². The fraction of sp³-hybridized carbons (Fsp3) is 0.450. The molecule has 1 aliphatic rings. The summed E-state index contributed by atoms with van der Waals surface area (Å²) in [6.45, 7) is 10.5. The number of hydrogen-bond acceptors (Lipinski definition) is 8. The highest BCUT2D eigenvalue weighted by molar-refractivity contribution is 7.15. The van der Waals surface area contributed by atoms with E-state index in [9.17, 15) is 4.79 Å². The van der Waals surface area contributed by atoms with Crippen LogP contribution in [-0.4, -0.2) is 60.3 Å². The van der Waals surface area contributed by atoms with E-state index in [1.807, 2.05) is 22.0 Å². The van der Waals surface area contributed by atoms with Gasteiger partial charge >= 0.3 is 0 Å². The summed E-state index contributed by atoms with van der Waals surface area (Å²) in [6.07, 6.45) is 1.77. The molecule has 1 saturated heterocycles. The van der Waals surface area contributed by atoms with Crippen LogP contribution in [0.2, 0.25) is 0 Å². The molecule has 0 radical (unpaired) electrons. The van der Waals surface area contributed by atoms with Crippen LogP contribution < -0.4 is 10.5 Å². The van der Waals surface area contributed by atoms with E-state index in [0.29, 0.717) is 6.54 Å². The zero-order chi connectivity index (χ0) is 20.9. The maximum Gasteiger partial charge on any atom is 0.258 e. The van der Waals surface area contributed by atoms with E-state index < -0.39 is 0 Å². The van der Waals surface area contributed by atoms with Crippen molar-refractivity contribution in [2.45, 2.75) is 32.7 Å². The summed E-state index contributed by atoms with van der Waals surface area (Å²) in [5.74, 6) is 1.79. The zero-order valence-corrected chi connectivity index (χ0v) is 18.1. The van der Waals surface area contributed by atoms with Gasteiger partial charge in [0.2, 0.25) is 0 Å². The Kier molecular flexibility index (Phi) is 4.55. The number of aromatic nitrogens is 6. The first-order chi connectivity index (χ1) is 14.4. The van der Waals surface area contributed by atoms with E-state index in [0.717, 1.165) is 54.1 Å². The molecule has 4 aromatic rings. The van der Waals surface area contributed by atoms with Gasteiger partial charge in [0, 0.05) is 55.8 Å². The topological polar surface area (TPSA) is 83.9 Å². The molecular formula is C20H24N8OS. The second-order valence-corrected chi connectivity index (χ2v) is 9.51. The van der Waals surface area contributed by atoms with Crippen molar-refractivity contribution in [3.63, 3.8) is 0 Å².